The molecular weight excluding hydrogens is 298 g/mol. The summed E-state index contributed by atoms with van der Waals surface area (Å²) in [5.41, 5.74) is 1.96. The molecule has 1 saturated heterocycles. The maximum atomic E-state index is 12.8. The van der Waals surface area contributed by atoms with Crippen molar-refractivity contribution in [3.8, 4) is 5.75 Å². The molecular formula is C21H17NO2. The Morgan fingerprint density at radius 1 is 0.708 bits per heavy atom. The van der Waals surface area contributed by atoms with E-state index in [0.29, 0.717) is 5.75 Å². The number of rotatable bonds is 4. The SMILES string of the molecule is O=C1[C@H](Oc2ccccc2)C(c2ccccc2)N1c1ccccc1. The maximum absolute atomic E-state index is 12.8. The number of ether oxygens (including phenoxy) is 1. The molecule has 1 aliphatic heterocycles. The zero-order chi connectivity index (χ0) is 16.4. The van der Waals surface area contributed by atoms with Crippen molar-refractivity contribution in [1.29, 1.82) is 0 Å². The smallest absolute Gasteiger partial charge is 0.271 e. The average Bonchev–Trinajstić information content (AvgIpc) is 2.66. The number of anilines is 1. The Labute approximate surface area is 141 Å². The fraction of sp³-hybridized carbons (Fsp3) is 0.0952. The fourth-order valence-corrected chi connectivity index (χ4v) is 3.07. The summed E-state index contributed by atoms with van der Waals surface area (Å²) in [6.07, 6.45) is -0.505. The number of nitrogens with zero attached hydrogens (tertiary/aromatic N) is 1. The second-order valence-electron chi connectivity index (χ2n) is 5.75. The zero-order valence-corrected chi connectivity index (χ0v) is 13.1. The lowest BCUT2D eigenvalue weighted by molar-refractivity contribution is -0.135. The highest BCUT2D eigenvalue weighted by Crippen LogP contribution is 2.40. The van der Waals surface area contributed by atoms with Crippen molar-refractivity contribution in [2.24, 2.45) is 0 Å². The predicted molar refractivity (Wildman–Crippen MR) is 94.0 cm³/mol. The summed E-state index contributed by atoms with van der Waals surface area (Å²) in [6, 6.07) is 29.1. The third kappa shape index (κ3) is 2.54. The Hall–Kier alpha value is -3.07. The Balaban J connectivity index is 1.68. The normalized spacial score (nSPS) is 19.7. The fourth-order valence-electron chi connectivity index (χ4n) is 3.07. The molecule has 24 heavy (non-hydrogen) atoms. The quantitative estimate of drug-likeness (QED) is 0.675. The van der Waals surface area contributed by atoms with Crippen LogP contribution in [0.1, 0.15) is 11.6 Å². The van der Waals surface area contributed by atoms with Crippen molar-refractivity contribution >= 4 is 11.6 Å². The van der Waals surface area contributed by atoms with Gasteiger partial charge in [-0.05, 0) is 29.8 Å². The van der Waals surface area contributed by atoms with Gasteiger partial charge >= 0.3 is 0 Å². The molecule has 3 aromatic rings. The summed E-state index contributed by atoms with van der Waals surface area (Å²) < 4.78 is 5.99. The van der Waals surface area contributed by atoms with E-state index in [1.54, 1.807) is 0 Å². The van der Waals surface area contributed by atoms with Gasteiger partial charge in [0.25, 0.3) is 5.91 Å². The minimum absolute atomic E-state index is 0.0149. The first-order chi connectivity index (χ1) is 11.8. The Morgan fingerprint density at radius 2 is 1.25 bits per heavy atom. The van der Waals surface area contributed by atoms with Gasteiger partial charge in [0.2, 0.25) is 6.10 Å². The highest BCUT2D eigenvalue weighted by molar-refractivity contribution is 6.05. The van der Waals surface area contributed by atoms with Gasteiger partial charge in [0.15, 0.2) is 0 Å². The molecule has 1 amide bonds. The molecule has 1 heterocycles. The highest BCUT2D eigenvalue weighted by atomic mass is 16.5. The van der Waals surface area contributed by atoms with Crippen molar-refractivity contribution in [1.82, 2.24) is 0 Å². The van der Waals surface area contributed by atoms with E-state index in [9.17, 15) is 4.79 Å². The van der Waals surface area contributed by atoms with Crippen LogP contribution >= 0.6 is 0 Å². The minimum atomic E-state index is -0.505. The molecule has 0 bridgehead atoms. The summed E-state index contributed by atoms with van der Waals surface area (Å²) in [5, 5.41) is 0. The summed E-state index contributed by atoms with van der Waals surface area (Å²) in [5.74, 6) is 0.698. The molecule has 118 valence electrons. The molecule has 0 radical (unpaired) electrons. The second-order valence-corrected chi connectivity index (χ2v) is 5.75. The summed E-state index contributed by atoms with van der Waals surface area (Å²) in [4.78, 5) is 14.6. The molecule has 1 unspecified atom stereocenters. The number of β-lactam (4-membered cyclic amide) rings is 1. The van der Waals surface area contributed by atoms with Gasteiger partial charge in [-0.1, -0.05) is 66.7 Å². The van der Waals surface area contributed by atoms with Crippen LogP contribution in [0.5, 0.6) is 5.75 Å². The van der Waals surface area contributed by atoms with E-state index in [1.165, 1.54) is 0 Å². The van der Waals surface area contributed by atoms with Gasteiger partial charge in [0.05, 0.1) is 0 Å². The largest absolute Gasteiger partial charge is 0.478 e. The van der Waals surface area contributed by atoms with Gasteiger partial charge in [-0.3, -0.25) is 9.69 Å². The van der Waals surface area contributed by atoms with Crippen molar-refractivity contribution in [2.45, 2.75) is 12.1 Å². The highest BCUT2D eigenvalue weighted by Gasteiger charge is 2.50. The monoisotopic (exact) mass is 315 g/mol. The average molecular weight is 315 g/mol. The molecule has 3 aromatic carbocycles. The van der Waals surface area contributed by atoms with Gasteiger partial charge < -0.3 is 4.74 Å². The Kier molecular flexibility index (Phi) is 3.75. The Morgan fingerprint density at radius 3 is 1.88 bits per heavy atom. The van der Waals surface area contributed by atoms with E-state index >= 15 is 0 Å². The lowest BCUT2D eigenvalue weighted by atomic mass is 9.89. The summed E-state index contributed by atoms with van der Waals surface area (Å²) in [7, 11) is 0. The first-order valence-electron chi connectivity index (χ1n) is 7.99. The van der Waals surface area contributed by atoms with Crippen molar-refractivity contribution in [2.75, 3.05) is 4.90 Å². The van der Waals surface area contributed by atoms with Gasteiger partial charge in [-0.2, -0.15) is 0 Å². The number of amides is 1. The molecule has 0 N–H and O–H groups in total. The number of hydrogen-bond donors (Lipinski definition) is 0. The van der Waals surface area contributed by atoms with Crippen molar-refractivity contribution < 1.29 is 9.53 Å². The number of carbonyl (C=O) groups is 1. The third-order valence-corrected chi connectivity index (χ3v) is 4.23. The molecule has 2 atom stereocenters. The van der Waals surface area contributed by atoms with E-state index in [-0.39, 0.29) is 11.9 Å². The van der Waals surface area contributed by atoms with Gasteiger partial charge in [0.1, 0.15) is 11.8 Å². The van der Waals surface area contributed by atoms with Crippen molar-refractivity contribution in [3.63, 3.8) is 0 Å². The molecule has 3 heteroatoms. The Bertz CT molecular complexity index is 818. The molecule has 4 rings (SSSR count). The third-order valence-electron chi connectivity index (χ3n) is 4.23. The second kappa shape index (κ2) is 6.20. The molecule has 3 nitrogen and oxygen atoms in total. The van der Waals surface area contributed by atoms with E-state index in [1.807, 2.05) is 95.9 Å². The summed E-state index contributed by atoms with van der Waals surface area (Å²) in [6.45, 7) is 0. The first kappa shape index (κ1) is 14.5. The van der Waals surface area contributed by atoms with Crippen LogP contribution in [0.25, 0.3) is 0 Å². The van der Waals surface area contributed by atoms with Crippen LogP contribution in [0, 0.1) is 0 Å². The van der Waals surface area contributed by atoms with Gasteiger partial charge in [0, 0.05) is 5.69 Å². The lowest BCUT2D eigenvalue weighted by Crippen LogP contribution is -2.61. The van der Waals surface area contributed by atoms with Crippen LogP contribution in [-0.2, 0) is 4.79 Å². The predicted octanol–water partition coefficient (Wildman–Crippen LogP) is 4.22. The standard InChI is InChI=1S/C21H17NO2/c23-21-20(24-18-14-8-3-9-15-18)19(16-10-4-1-5-11-16)22(21)17-12-6-2-7-13-17/h1-15,19-20H/t19?,20-/m1/s1. The molecule has 1 fully saturated rings. The van der Waals surface area contributed by atoms with Gasteiger partial charge in [-0.15, -0.1) is 0 Å². The lowest BCUT2D eigenvalue weighted by Gasteiger charge is -2.46. The van der Waals surface area contributed by atoms with Crippen LogP contribution in [-0.4, -0.2) is 12.0 Å². The molecule has 1 aliphatic rings. The summed E-state index contributed by atoms with van der Waals surface area (Å²) >= 11 is 0. The van der Waals surface area contributed by atoms with Crippen LogP contribution in [0.2, 0.25) is 0 Å². The number of carbonyl (C=O) groups excluding carboxylic acids is 1. The first-order valence-corrected chi connectivity index (χ1v) is 7.99. The number of para-hydroxylation sites is 2. The minimum Gasteiger partial charge on any atom is -0.478 e. The van der Waals surface area contributed by atoms with E-state index in [0.717, 1.165) is 11.3 Å². The maximum Gasteiger partial charge on any atom is 0.271 e. The van der Waals surface area contributed by atoms with Crippen LogP contribution in [0.3, 0.4) is 0 Å². The number of benzene rings is 3. The number of hydrogen-bond acceptors (Lipinski definition) is 2. The molecule has 0 aromatic heterocycles. The van der Waals surface area contributed by atoms with Crippen LogP contribution < -0.4 is 9.64 Å². The van der Waals surface area contributed by atoms with Gasteiger partial charge in [-0.25, -0.2) is 0 Å². The molecule has 0 aliphatic carbocycles. The molecule has 0 spiro atoms. The van der Waals surface area contributed by atoms with E-state index < -0.39 is 6.10 Å². The van der Waals surface area contributed by atoms with E-state index in [4.69, 9.17) is 4.74 Å². The topological polar surface area (TPSA) is 29.5 Å². The molecule has 0 saturated carbocycles. The van der Waals surface area contributed by atoms with Crippen LogP contribution in [0.4, 0.5) is 5.69 Å². The zero-order valence-electron chi connectivity index (χ0n) is 13.1. The van der Waals surface area contributed by atoms with E-state index in [2.05, 4.69) is 0 Å². The van der Waals surface area contributed by atoms with Crippen LogP contribution in [0.15, 0.2) is 91.0 Å². The van der Waals surface area contributed by atoms with Crippen molar-refractivity contribution in [3.05, 3.63) is 96.6 Å².